The summed E-state index contributed by atoms with van der Waals surface area (Å²) in [6.45, 7) is 15.9. The monoisotopic (exact) mass is 414 g/mol. The molecule has 0 saturated carbocycles. The fourth-order valence-electron chi connectivity index (χ4n) is 2.75. The molecule has 6 nitrogen and oxygen atoms in total. The molecular weight excluding hydrogens is 376 g/mol. The van der Waals surface area contributed by atoms with Gasteiger partial charge in [0.15, 0.2) is 18.2 Å². The molecule has 0 rings (SSSR count). The van der Waals surface area contributed by atoms with Gasteiger partial charge in [0.1, 0.15) is 6.29 Å². The van der Waals surface area contributed by atoms with Gasteiger partial charge in [0.05, 0.1) is 5.00 Å². The Morgan fingerprint density at radius 3 is 1.81 bits per heavy atom. The second-order valence-corrected chi connectivity index (χ2v) is 12.4. The van der Waals surface area contributed by atoms with Crippen molar-refractivity contribution in [2.24, 2.45) is 5.92 Å². The molecule has 0 aliphatic carbocycles. The normalized spacial score (nSPS) is 19.8. The summed E-state index contributed by atoms with van der Waals surface area (Å²) >= 11 is 6.58. The largest absolute Gasteiger partial charge is 0.391 e. The molecule has 26 heavy (non-hydrogen) atoms. The van der Waals surface area contributed by atoms with Gasteiger partial charge in [0.2, 0.25) is 8.32 Å². The van der Waals surface area contributed by atoms with E-state index in [2.05, 4.69) is 13.8 Å². The van der Waals surface area contributed by atoms with E-state index in [9.17, 15) is 10.2 Å². The number of hydrogen-bond donors (Lipinski definition) is 2. The molecule has 0 aliphatic rings. The zero-order valence-corrected chi connectivity index (χ0v) is 19.4. The first-order valence-electron chi connectivity index (χ1n) is 9.55. The highest BCUT2D eigenvalue weighted by atomic mass is 35.5. The van der Waals surface area contributed by atoms with Crippen molar-refractivity contribution in [3.05, 3.63) is 0 Å². The van der Waals surface area contributed by atoms with Crippen molar-refractivity contribution in [3.63, 3.8) is 0 Å². The van der Waals surface area contributed by atoms with E-state index in [1.54, 1.807) is 20.8 Å². The van der Waals surface area contributed by atoms with Crippen LogP contribution in [-0.4, -0.2) is 61.2 Å². The third-order valence-corrected chi connectivity index (χ3v) is 9.17. The third kappa shape index (κ3) is 7.71. The lowest BCUT2D eigenvalue weighted by Gasteiger charge is -2.42. The first-order chi connectivity index (χ1) is 12.0. The Labute approximate surface area is 165 Å². The first kappa shape index (κ1) is 26.3. The van der Waals surface area contributed by atoms with Gasteiger partial charge in [-0.2, -0.15) is 0 Å². The van der Waals surface area contributed by atoms with E-state index >= 15 is 0 Å². The minimum absolute atomic E-state index is 0.0923. The van der Waals surface area contributed by atoms with Crippen molar-refractivity contribution in [3.8, 4) is 0 Å². The molecule has 8 heteroatoms. The maximum atomic E-state index is 10.4. The third-order valence-electron chi connectivity index (χ3n) is 4.22. The molecule has 0 saturated heterocycles. The van der Waals surface area contributed by atoms with Gasteiger partial charge in [0.25, 0.3) is 0 Å². The molecule has 0 aromatic heterocycles. The van der Waals surface area contributed by atoms with Crippen molar-refractivity contribution >= 4 is 19.9 Å². The van der Waals surface area contributed by atoms with Gasteiger partial charge >= 0.3 is 0 Å². The predicted octanol–water partition coefficient (Wildman–Crippen LogP) is 3.62. The van der Waals surface area contributed by atoms with Crippen LogP contribution in [0.3, 0.4) is 0 Å². The molecule has 0 bridgehead atoms. The van der Waals surface area contributed by atoms with Crippen molar-refractivity contribution in [2.75, 3.05) is 13.2 Å². The Morgan fingerprint density at radius 1 is 1.00 bits per heavy atom. The van der Waals surface area contributed by atoms with Crippen molar-refractivity contribution in [1.29, 1.82) is 0 Å². The van der Waals surface area contributed by atoms with Crippen molar-refractivity contribution in [2.45, 2.75) is 96.9 Å². The molecule has 158 valence electrons. The second kappa shape index (κ2) is 12.0. The van der Waals surface area contributed by atoms with E-state index in [1.165, 1.54) is 0 Å². The summed E-state index contributed by atoms with van der Waals surface area (Å²) < 4.78 is 23.0. The van der Waals surface area contributed by atoms with E-state index in [4.69, 9.17) is 30.2 Å². The minimum Gasteiger partial charge on any atom is -0.391 e. The molecule has 2 N–H and O–H groups in total. The Kier molecular flexibility index (Phi) is 12.1. The summed E-state index contributed by atoms with van der Waals surface area (Å²) in [4.78, 5) is 0. The zero-order chi connectivity index (χ0) is 20.5. The molecule has 4 atom stereocenters. The fraction of sp³-hybridized carbons (Fsp3) is 1.00. The topological polar surface area (TPSA) is 77.4 Å². The summed E-state index contributed by atoms with van der Waals surface area (Å²) in [5, 5.41) is 20.7. The maximum absolute atomic E-state index is 10.4. The van der Waals surface area contributed by atoms with Crippen LogP contribution in [0.15, 0.2) is 0 Å². The number of halogens is 1. The lowest BCUT2D eigenvalue weighted by Crippen LogP contribution is -2.57. The molecule has 0 aromatic carbocycles. The summed E-state index contributed by atoms with van der Waals surface area (Å²) in [5.41, 5.74) is -1.49. The maximum Gasteiger partial charge on any atom is 0.208 e. The zero-order valence-electron chi connectivity index (χ0n) is 17.6. The number of aliphatic hydroxyl groups is 2. The molecule has 0 heterocycles. The highest BCUT2D eigenvalue weighted by Gasteiger charge is 2.47. The fourth-order valence-corrected chi connectivity index (χ4v) is 5.49. The van der Waals surface area contributed by atoms with Crippen molar-refractivity contribution in [1.82, 2.24) is 0 Å². The van der Waals surface area contributed by atoms with E-state index in [0.29, 0.717) is 6.42 Å². The first-order valence-corrected chi connectivity index (χ1v) is 13.0. The van der Waals surface area contributed by atoms with Crippen LogP contribution in [0.4, 0.5) is 0 Å². The van der Waals surface area contributed by atoms with Gasteiger partial charge in [-0.3, -0.25) is 0 Å². The molecule has 0 aliphatic heterocycles. The average Bonchev–Trinajstić information content (AvgIpc) is 2.54. The van der Waals surface area contributed by atoms with E-state index in [0.717, 1.165) is 6.42 Å². The molecule has 0 amide bonds. The minimum atomic E-state index is -2.28. The van der Waals surface area contributed by atoms with Crippen LogP contribution in [-0.2, 0) is 18.6 Å². The van der Waals surface area contributed by atoms with Crippen LogP contribution in [0, 0.1) is 5.92 Å². The van der Waals surface area contributed by atoms with Crippen LogP contribution in [0.5, 0.6) is 0 Å². The Bertz CT molecular complexity index is 371. The Hall–Kier alpha value is 0.267. The van der Waals surface area contributed by atoms with E-state index in [1.807, 2.05) is 20.0 Å². The van der Waals surface area contributed by atoms with Gasteiger partial charge in [0, 0.05) is 13.2 Å². The summed E-state index contributed by atoms with van der Waals surface area (Å²) in [6, 6.07) is 0. The van der Waals surface area contributed by atoms with E-state index in [-0.39, 0.29) is 24.1 Å². The SMILES string of the molecule is CCCC(OC(C)(C(O)OCC)C(O)OCC)O[Si](C)(C)C(Cl)C(C)C. The molecular formula is C18H39ClO6Si. The smallest absolute Gasteiger partial charge is 0.208 e. The number of aliphatic hydroxyl groups excluding tert-OH is 2. The van der Waals surface area contributed by atoms with Crippen LogP contribution in [0.1, 0.15) is 54.4 Å². The quantitative estimate of drug-likeness (QED) is 0.257. The van der Waals surface area contributed by atoms with E-state index < -0.39 is 32.8 Å². The van der Waals surface area contributed by atoms with Gasteiger partial charge in [-0.15, -0.1) is 11.6 Å². The summed E-state index contributed by atoms with van der Waals surface area (Å²) in [6.07, 6.45) is -1.94. The predicted molar refractivity (Wildman–Crippen MR) is 106 cm³/mol. The number of alkyl halides is 1. The highest BCUT2D eigenvalue weighted by molar-refractivity contribution is 6.79. The lowest BCUT2D eigenvalue weighted by atomic mass is 10.1. The Morgan fingerprint density at radius 2 is 1.46 bits per heavy atom. The summed E-state index contributed by atoms with van der Waals surface area (Å²) in [5.74, 6) is 0.273. The summed E-state index contributed by atoms with van der Waals surface area (Å²) in [7, 11) is -2.28. The molecule has 0 spiro atoms. The van der Waals surface area contributed by atoms with Crippen LogP contribution >= 0.6 is 11.6 Å². The van der Waals surface area contributed by atoms with Crippen LogP contribution in [0.2, 0.25) is 13.1 Å². The van der Waals surface area contributed by atoms with Gasteiger partial charge in [-0.1, -0.05) is 27.2 Å². The number of rotatable bonds is 14. The second-order valence-electron chi connectivity index (χ2n) is 7.50. The molecule has 0 fully saturated rings. The van der Waals surface area contributed by atoms with Gasteiger partial charge < -0.3 is 28.8 Å². The van der Waals surface area contributed by atoms with Gasteiger partial charge in [-0.05, 0) is 46.2 Å². The standard InChI is InChI=1S/C18H39ClO6Si/c1-9-12-14(25-26(7,8)15(19)13(4)5)24-18(6,16(20)22-10-2)17(21)23-11-3/h13-17,20-21H,9-12H2,1-8H3. The number of ether oxygens (including phenoxy) is 3. The highest BCUT2D eigenvalue weighted by Crippen LogP contribution is 2.31. The molecule has 0 radical (unpaired) electrons. The van der Waals surface area contributed by atoms with Crippen LogP contribution < -0.4 is 0 Å². The number of hydrogen-bond acceptors (Lipinski definition) is 6. The molecule has 0 aromatic rings. The van der Waals surface area contributed by atoms with Crippen LogP contribution in [0.25, 0.3) is 0 Å². The van der Waals surface area contributed by atoms with Crippen molar-refractivity contribution < 1.29 is 28.8 Å². The lowest BCUT2D eigenvalue weighted by molar-refractivity contribution is -0.337. The van der Waals surface area contributed by atoms with Gasteiger partial charge in [-0.25, -0.2) is 0 Å². The average molecular weight is 415 g/mol. The Balaban J connectivity index is 5.47. The molecule has 4 unspecified atom stereocenters.